The van der Waals surface area contributed by atoms with Gasteiger partial charge in [-0.15, -0.1) is 0 Å². The van der Waals surface area contributed by atoms with Crippen LogP contribution in [0.1, 0.15) is 28.3 Å². The number of ether oxygens (including phenoxy) is 1. The number of hydrogen-bond donors (Lipinski definition) is 2. The molecule has 0 radical (unpaired) electrons. The predicted octanol–water partition coefficient (Wildman–Crippen LogP) is 5.98. The van der Waals surface area contributed by atoms with E-state index in [1.165, 1.54) is 12.1 Å². The number of carboxylic acid groups (broad SMARTS) is 1. The number of alkyl carbamates (subject to hydrolysis) is 1. The molecule has 2 aromatic heterocycles. The Hall–Kier alpha value is -4.98. The lowest BCUT2D eigenvalue weighted by molar-refractivity contribution is -0.139. The molecule has 1 amide bonds. The summed E-state index contributed by atoms with van der Waals surface area (Å²) in [6.07, 6.45) is 0.920. The van der Waals surface area contributed by atoms with Crippen molar-refractivity contribution >= 4 is 17.7 Å². The molecular weight excluding hydrogens is 509 g/mol. The Balaban J connectivity index is 1.24. The second kappa shape index (κ2) is 10.3. The Morgan fingerprint density at radius 1 is 0.975 bits per heavy atom. The topological polar surface area (TPSA) is 92.9 Å². The van der Waals surface area contributed by atoms with Gasteiger partial charge in [-0.1, -0.05) is 54.6 Å². The SMILES string of the molecule is Cc1cccn2c(CC(NC(=O)OCC3c4ccccc4-c4ccccc43)C(=O)O)c(-c3ccc(F)cc3)nc12. The molecule has 5 aromatic rings. The minimum Gasteiger partial charge on any atom is -0.480 e. The maximum Gasteiger partial charge on any atom is 0.407 e. The standard InChI is InChI=1S/C32H26FN3O4/c1-19-7-6-16-36-28(29(35-30(19)36)20-12-14-21(33)15-13-20)17-27(31(37)38)34-32(39)40-18-26-24-10-4-2-8-22(24)23-9-3-5-11-25(23)26/h2-16,26-27H,17-18H2,1H3,(H,34,39)(H,37,38). The van der Waals surface area contributed by atoms with Gasteiger partial charge in [0.1, 0.15) is 24.1 Å². The number of fused-ring (bicyclic) bond motifs is 4. The van der Waals surface area contributed by atoms with Crippen LogP contribution in [0.2, 0.25) is 0 Å². The van der Waals surface area contributed by atoms with Crippen molar-refractivity contribution in [2.45, 2.75) is 25.3 Å². The van der Waals surface area contributed by atoms with Crippen LogP contribution in [0.3, 0.4) is 0 Å². The molecule has 8 heteroatoms. The lowest BCUT2D eigenvalue weighted by atomic mass is 9.98. The molecule has 2 heterocycles. The van der Waals surface area contributed by atoms with E-state index >= 15 is 0 Å². The largest absolute Gasteiger partial charge is 0.480 e. The van der Waals surface area contributed by atoms with Crippen LogP contribution < -0.4 is 5.32 Å². The minimum atomic E-state index is -1.28. The summed E-state index contributed by atoms with van der Waals surface area (Å²) in [6.45, 7) is 1.98. The third-order valence-electron chi connectivity index (χ3n) is 7.39. The van der Waals surface area contributed by atoms with Gasteiger partial charge in [0, 0.05) is 24.1 Å². The van der Waals surface area contributed by atoms with E-state index in [2.05, 4.69) is 5.32 Å². The summed E-state index contributed by atoms with van der Waals surface area (Å²) in [5.41, 5.74) is 7.64. The first-order valence-corrected chi connectivity index (χ1v) is 13.0. The van der Waals surface area contributed by atoms with Crippen molar-refractivity contribution in [1.82, 2.24) is 14.7 Å². The van der Waals surface area contributed by atoms with E-state index in [-0.39, 0.29) is 24.8 Å². The van der Waals surface area contributed by atoms with Crippen molar-refractivity contribution in [3.8, 4) is 22.4 Å². The number of aliphatic carboxylic acids is 1. The molecule has 1 unspecified atom stereocenters. The van der Waals surface area contributed by atoms with Crippen LogP contribution in [0, 0.1) is 12.7 Å². The molecule has 200 valence electrons. The number of aromatic nitrogens is 2. The number of carbonyl (C=O) groups excluding carboxylic acids is 1. The van der Waals surface area contributed by atoms with Gasteiger partial charge in [0.15, 0.2) is 0 Å². The van der Waals surface area contributed by atoms with Gasteiger partial charge in [-0.25, -0.2) is 19.0 Å². The van der Waals surface area contributed by atoms with E-state index in [0.717, 1.165) is 27.8 Å². The molecule has 1 aliphatic rings. The van der Waals surface area contributed by atoms with Gasteiger partial charge in [-0.3, -0.25) is 0 Å². The highest BCUT2D eigenvalue weighted by molar-refractivity contribution is 5.82. The van der Waals surface area contributed by atoms with E-state index in [9.17, 15) is 19.1 Å². The number of benzene rings is 3. The van der Waals surface area contributed by atoms with Gasteiger partial charge < -0.3 is 19.6 Å². The van der Waals surface area contributed by atoms with Crippen molar-refractivity contribution in [2.75, 3.05) is 6.61 Å². The number of pyridine rings is 1. The first-order chi connectivity index (χ1) is 19.4. The summed E-state index contributed by atoms with van der Waals surface area (Å²) < 4.78 is 21.0. The normalized spacial score (nSPS) is 13.1. The molecule has 0 saturated heterocycles. The Labute approximate surface area is 229 Å². The molecule has 6 rings (SSSR count). The van der Waals surface area contributed by atoms with Crippen molar-refractivity contribution in [2.24, 2.45) is 0 Å². The smallest absolute Gasteiger partial charge is 0.407 e. The highest BCUT2D eigenvalue weighted by atomic mass is 19.1. The monoisotopic (exact) mass is 535 g/mol. The number of nitrogens with one attached hydrogen (secondary N) is 1. The molecule has 0 aliphatic heterocycles. The highest BCUT2D eigenvalue weighted by Crippen LogP contribution is 2.44. The quantitative estimate of drug-likeness (QED) is 0.267. The number of nitrogens with zero attached hydrogens (tertiary/aromatic N) is 2. The Morgan fingerprint density at radius 2 is 1.62 bits per heavy atom. The fraction of sp³-hybridized carbons (Fsp3) is 0.156. The lowest BCUT2D eigenvalue weighted by Gasteiger charge is -2.18. The van der Waals surface area contributed by atoms with Crippen LogP contribution in [-0.2, 0) is 16.0 Å². The molecule has 2 N–H and O–H groups in total. The van der Waals surface area contributed by atoms with Crippen molar-refractivity contribution in [3.63, 3.8) is 0 Å². The number of carbonyl (C=O) groups is 2. The fourth-order valence-corrected chi connectivity index (χ4v) is 5.46. The Bertz CT molecular complexity index is 1700. The number of aryl methyl sites for hydroxylation is 1. The zero-order chi connectivity index (χ0) is 27.8. The molecule has 40 heavy (non-hydrogen) atoms. The Kier molecular flexibility index (Phi) is 6.51. The molecule has 1 aliphatic carbocycles. The number of amides is 1. The van der Waals surface area contributed by atoms with E-state index < -0.39 is 18.1 Å². The third-order valence-corrected chi connectivity index (χ3v) is 7.39. The van der Waals surface area contributed by atoms with Crippen LogP contribution in [0.15, 0.2) is 91.1 Å². The van der Waals surface area contributed by atoms with Crippen molar-refractivity contribution < 1.29 is 23.8 Å². The van der Waals surface area contributed by atoms with E-state index in [1.807, 2.05) is 72.0 Å². The van der Waals surface area contributed by atoms with Crippen LogP contribution >= 0.6 is 0 Å². The summed E-state index contributed by atoms with van der Waals surface area (Å²) in [4.78, 5) is 29.9. The maximum absolute atomic E-state index is 13.6. The molecule has 7 nitrogen and oxygen atoms in total. The Morgan fingerprint density at radius 3 is 2.27 bits per heavy atom. The molecular formula is C32H26FN3O4. The predicted molar refractivity (Wildman–Crippen MR) is 149 cm³/mol. The van der Waals surface area contributed by atoms with Gasteiger partial charge in [0.2, 0.25) is 0 Å². The second-order valence-corrected chi connectivity index (χ2v) is 9.86. The first kappa shape index (κ1) is 25.3. The van der Waals surface area contributed by atoms with Crippen LogP contribution in [0.25, 0.3) is 28.0 Å². The first-order valence-electron chi connectivity index (χ1n) is 13.0. The van der Waals surface area contributed by atoms with E-state index in [4.69, 9.17) is 9.72 Å². The van der Waals surface area contributed by atoms with Gasteiger partial charge in [0.25, 0.3) is 0 Å². The number of carboxylic acids is 1. The van der Waals surface area contributed by atoms with E-state index in [0.29, 0.717) is 22.6 Å². The summed E-state index contributed by atoms with van der Waals surface area (Å²) in [5, 5.41) is 12.6. The van der Waals surface area contributed by atoms with Gasteiger partial charge in [-0.05, 0) is 65.1 Å². The maximum atomic E-state index is 13.6. The third kappa shape index (κ3) is 4.58. The molecule has 0 spiro atoms. The van der Waals surface area contributed by atoms with Crippen molar-refractivity contribution in [1.29, 1.82) is 0 Å². The summed E-state index contributed by atoms with van der Waals surface area (Å²) in [7, 11) is 0. The highest BCUT2D eigenvalue weighted by Gasteiger charge is 2.30. The number of hydrogen-bond acceptors (Lipinski definition) is 4. The zero-order valence-corrected chi connectivity index (χ0v) is 21.7. The molecule has 1 atom stereocenters. The number of rotatable bonds is 7. The molecule has 0 saturated carbocycles. The summed E-state index contributed by atoms with van der Waals surface area (Å²) in [6, 6.07) is 24.3. The summed E-state index contributed by atoms with van der Waals surface area (Å²) >= 11 is 0. The van der Waals surface area contributed by atoms with Gasteiger partial charge in [-0.2, -0.15) is 0 Å². The number of imidazole rings is 1. The van der Waals surface area contributed by atoms with Crippen LogP contribution in [-0.4, -0.2) is 39.2 Å². The average Bonchev–Trinajstić information content (AvgIpc) is 3.48. The number of halogens is 1. The van der Waals surface area contributed by atoms with Crippen molar-refractivity contribution in [3.05, 3.63) is 119 Å². The van der Waals surface area contributed by atoms with Gasteiger partial charge >= 0.3 is 12.1 Å². The lowest BCUT2D eigenvalue weighted by Crippen LogP contribution is -2.43. The minimum absolute atomic E-state index is 0.0587. The van der Waals surface area contributed by atoms with Gasteiger partial charge in [0.05, 0.1) is 11.4 Å². The average molecular weight is 536 g/mol. The van der Waals surface area contributed by atoms with E-state index in [1.54, 1.807) is 18.3 Å². The molecule has 0 fully saturated rings. The fourth-order valence-electron chi connectivity index (χ4n) is 5.46. The zero-order valence-electron chi connectivity index (χ0n) is 21.7. The molecule has 0 bridgehead atoms. The molecule has 3 aromatic carbocycles. The summed E-state index contributed by atoms with van der Waals surface area (Å²) in [5.74, 6) is -1.74. The van der Waals surface area contributed by atoms with Crippen LogP contribution in [0.5, 0.6) is 0 Å². The second-order valence-electron chi connectivity index (χ2n) is 9.86. The van der Waals surface area contributed by atoms with Crippen LogP contribution in [0.4, 0.5) is 9.18 Å².